The van der Waals surface area contributed by atoms with Gasteiger partial charge in [-0.3, -0.25) is 24.2 Å². The number of benzene rings is 6. The molecular formula is C91H120F8N16O15S4. The second kappa shape index (κ2) is 43.4. The van der Waals surface area contributed by atoms with Crippen molar-refractivity contribution in [1.29, 1.82) is 0 Å². The van der Waals surface area contributed by atoms with Gasteiger partial charge in [-0.2, -0.15) is 30.0 Å². The number of nitrogens with two attached hydrogens (primary N) is 2. The third-order valence-electron chi connectivity index (χ3n) is 23.1. The van der Waals surface area contributed by atoms with Crippen molar-refractivity contribution < 1.29 is 102 Å². The van der Waals surface area contributed by atoms with Crippen LogP contribution < -0.4 is 41.0 Å². The lowest BCUT2D eigenvalue weighted by molar-refractivity contribution is -0.117. The number of amides is 4. The molecule has 0 bridgehead atoms. The second-order valence-corrected chi connectivity index (χ2v) is 47.6. The number of carbonyl (C=O) groups excluding carboxylic acids is 5. The van der Waals surface area contributed by atoms with E-state index in [-0.39, 0.29) is 37.4 Å². The third-order valence-corrected chi connectivity index (χ3v) is 32.0. The van der Waals surface area contributed by atoms with Gasteiger partial charge in [-0.25, -0.2) is 97.3 Å². The van der Waals surface area contributed by atoms with Crippen LogP contribution in [-0.4, -0.2) is 206 Å². The van der Waals surface area contributed by atoms with Gasteiger partial charge in [0.05, 0.1) is 103 Å². The molecule has 8 aromatic rings. The highest BCUT2D eigenvalue weighted by atomic mass is 32.2. The minimum Gasteiger partial charge on any atom is -0.445 e. The SMILES string of the molecule is CC(C)(C)S(=O)(=O)N[C@H]1CC(F)(F)C[C@@H]1N.CC(C)(C)S(=O)(=O)N[C@H]1CC(F)(F)C[C@@H]1NC(=O)c1ccccc1-n1nccn1.C[C@H](c1ccccc1)N(C(=O)OCc1ccccc1)C1CC(=O)CC1NS(=O)(=O)C(C)(C)C.C[C@H](c1ccccc1)N(C(=O)OCc1ccccc1)[C@H]1CC(F)(F)C[C@@H]1NS(=O)(=O)C(C)(C)C.N[C@H]1CC(F)(F)C[C@@H]1NC(=O)c1ccccc1-n1nccn1. The molecule has 2 unspecified atom stereocenters. The number of aromatic nitrogens is 6. The summed E-state index contributed by atoms with van der Waals surface area (Å²) in [5.74, 6) is -13.1. The Morgan fingerprint density at radius 1 is 0.388 bits per heavy atom. The quantitative estimate of drug-likeness (QED) is 0.0260. The van der Waals surface area contributed by atoms with Gasteiger partial charge in [0.2, 0.25) is 40.1 Å². The van der Waals surface area contributed by atoms with Crippen LogP contribution in [0, 0.1) is 0 Å². The first-order valence-corrected chi connectivity index (χ1v) is 49.3. The average molecular weight is 1960 g/mol. The largest absolute Gasteiger partial charge is 0.445 e. The molecule has 4 amide bonds. The summed E-state index contributed by atoms with van der Waals surface area (Å²) in [6.07, 6.45) is 0.0526. The van der Waals surface area contributed by atoms with E-state index in [9.17, 15) is 92.8 Å². The van der Waals surface area contributed by atoms with E-state index in [1.54, 1.807) is 107 Å². The Labute approximate surface area is 777 Å². The first-order chi connectivity index (χ1) is 62.1. The summed E-state index contributed by atoms with van der Waals surface area (Å²) in [6, 6.07) is 39.9. The summed E-state index contributed by atoms with van der Waals surface area (Å²) in [4.78, 5) is 69.7. The molecule has 43 heteroatoms. The van der Waals surface area contributed by atoms with Crippen molar-refractivity contribution in [2.45, 2.75) is 290 Å². The van der Waals surface area contributed by atoms with Crippen LogP contribution in [0.25, 0.3) is 11.4 Å². The predicted molar refractivity (Wildman–Crippen MR) is 489 cm³/mol. The number of carbonyl (C=O) groups is 5. The number of ether oxygens (including phenoxy) is 2. The summed E-state index contributed by atoms with van der Waals surface area (Å²) < 4.78 is 226. The molecule has 5 aliphatic carbocycles. The van der Waals surface area contributed by atoms with E-state index in [1.807, 2.05) is 91.9 Å². The number of Topliss-reactive ketones (excluding diaryl/α,β-unsaturated/α-hetero) is 1. The highest BCUT2D eigenvalue weighted by Crippen LogP contribution is 2.44. The number of nitrogens with one attached hydrogen (secondary N) is 6. The van der Waals surface area contributed by atoms with Gasteiger partial charge in [0, 0.05) is 100 Å². The summed E-state index contributed by atoms with van der Waals surface area (Å²) in [6.45, 7) is 21.9. The van der Waals surface area contributed by atoms with Crippen LogP contribution in [0.4, 0.5) is 44.7 Å². The molecule has 5 saturated carbocycles. The molecule has 5 fully saturated rings. The zero-order valence-electron chi connectivity index (χ0n) is 76.9. The van der Waals surface area contributed by atoms with Crippen LogP contribution in [-0.2, 0) is 67.6 Å². The Hall–Kier alpha value is -10.3. The Morgan fingerprint density at radius 2 is 0.679 bits per heavy atom. The van der Waals surface area contributed by atoms with E-state index in [0.717, 1.165) is 22.3 Å². The number of hydrogen-bond acceptors (Lipinski definition) is 21. The fourth-order valence-electron chi connectivity index (χ4n) is 15.2. The zero-order valence-corrected chi connectivity index (χ0v) is 80.2. The molecule has 2 aromatic heterocycles. The van der Waals surface area contributed by atoms with Crippen LogP contribution in [0.5, 0.6) is 0 Å². The number of ketones is 1. The summed E-state index contributed by atoms with van der Waals surface area (Å²) >= 11 is 0. The summed E-state index contributed by atoms with van der Waals surface area (Å²) in [5.41, 5.74) is 15.7. The molecule has 12 atom stereocenters. The Balaban J connectivity index is 0.000000192. The molecule has 134 heavy (non-hydrogen) atoms. The van der Waals surface area contributed by atoms with Gasteiger partial charge >= 0.3 is 12.2 Å². The van der Waals surface area contributed by atoms with E-state index >= 15 is 0 Å². The molecule has 0 radical (unpaired) electrons. The lowest BCUT2D eigenvalue weighted by atomic mass is 10.0. The Morgan fingerprint density at radius 3 is 1.05 bits per heavy atom. The molecule has 6 aromatic carbocycles. The highest BCUT2D eigenvalue weighted by molar-refractivity contribution is 7.91. The standard InChI is InChI=1S/C25H32F2N2O4S.C25H32N2O5S.C18H23F2N5O3S.C14H15F2N5O.C9H18F2N2O2S/c1-18(20-13-9-6-10-14-20)29(23(30)33-17-19-11-7-5-8-12-19)22-16-25(26,27)15-21(22)28-34(31,32)24(2,3)4;1-18(20-13-9-6-10-14-20)27(24(29)32-17-19-11-7-5-8-12-19)23-16-21(28)15-22(23)26-33(30,31)25(2,3)4;1-17(2,3)29(27,28)24-14-11-18(19,20)10-13(14)23-16(26)12-6-4-5-7-15(12)25-21-8-9-22-25;15-14(16)7-10(17)11(8-14)20-13(22)9-3-1-2-4-12(9)21-18-5-6-19-21;1-8(2,3)16(14,15)13-7-5-9(10,11)4-6(7)12/h5-14,18,21-22,28H,15-17H2,1-4H3;5-14,18,22-23,26H,15-17H2,1-4H3;4-9,13-14,24H,10-11H2,1-3H3,(H,23,26);1-6,10-11H,7-8,17H2,(H,20,22);6-7,13H,4-5,12H2,1-3H3/t18-,21+,22+;18-,22?,23?;13-,14-;10-,11-;6-,7-/m11000/s1. The van der Waals surface area contributed by atoms with E-state index in [4.69, 9.17) is 20.9 Å². The number of sulfonamides is 4. The van der Waals surface area contributed by atoms with Crippen LogP contribution in [0.1, 0.15) is 216 Å². The number of hydrogen-bond donors (Lipinski definition) is 8. The van der Waals surface area contributed by atoms with Crippen molar-refractivity contribution in [1.82, 2.24) is 69.3 Å². The molecule has 0 aliphatic heterocycles. The van der Waals surface area contributed by atoms with Gasteiger partial charge < -0.3 is 31.6 Å². The maximum atomic E-state index is 14.6. The van der Waals surface area contributed by atoms with Crippen LogP contribution in [0.15, 0.2) is 195 Å². The topological polar surface area (TPSA) is 432 Å². The molecule has 0 spiro atoms. The smallest absolute Gasteiger partial charge is 0.410 e. The van der Waals surface area contributed by atoms with Crippen LogP contribution in [0.2, 0.25) is 0 Å². The zero-order chi connectivity index (χ0) is 99.3. The van der Waals surface area contributed by atoms with Gasteiger partial charge in [0.15, 0.2) is 0 Å². The van der Waals surface area contributed by atoms with Gasteiger partial charge in [-0.1, -0.05) is 146 Å². The van der Waals surface area contributed by atoms with Gasteiger partial charge in [-0.15, -0.1) is 0 Å². The second-order valence-electron chi connectivity index (χ2n) is 37.7. The maximum absolute atomic E-state index is 14.6. The van der Waals surface area contributed by atoms with Crippen molar-refractivity contribution in [3.8, 4) is 11.4 Å². The minimum atomic E-state index is -3.93. The molecule has 0 saturated heterocycles. The molecule has 2 heterocycles. The van der Waals surface area contributed by atoms with Crippen molar-refractivity contribution in [3.05, 3.63) is 228 Å². The first-order valence-electron chi connectivity index (χ1n) is 43.3. The number of alkyl halides is 8. The van der Waals surface area contributed by atoms with Crippen LogP contribution >= 0.6 is 0 Å². The molecular weight excluding hydrogens is 1840 g/mol. The summed E-state index contributed by atoms with van der Waals surface area (Å²) in [7, 11) is -15.1. The van der Waals surface area contributed by atoms with Crippen molar-refractivity contribution >= 4 is 69.9 Å². The van der Waals surface area contributed by atoms with E-state index in [0.29, 0.717) is 16.9 Å². The third kappa shape index (κ3) is 28.9. The molecule has 10 N–H and O–H groups in total. The average Bonchev–Trinajstić information content (AvgIpc) is 1.63. The molecule has 5 aliphatic rings. The Bertz CT molecular complexity index is 5750. The van der Waals surface area contributed by atoms with Crippen molar-refractivity contribution in [3.63, 3.8) is 0 Å². The lowest BCUT2D eigenvalue weighted by Crippen LogP contribution is -2.54. The number of halogens is 8. The number of nitrogens with zero attached hydrogens (tertiary/aromatic N) is 8. The summed E-state index contributed by atoms with van der Waals surface area (Å²) in [5, 5.41) is 21.1. The van der Waals surface area contributed by atoms with Gasteiger partial charge in [-0.05, 0) is 143 Å². The highest BCUT2D eigenvalue weighted by Gasteiger charge is 2.55. The molecule has 13 rings (SSSR count). The molecule has 31 nitrogen and oxygen atoms in total. The van der Waals surface area contributed by atoms with Crippen LogP contribution in [0.3, 0.4) is 0 Å². The number of rotatable bonds is 24. The fraction of sp³-hybridized carbons (Fsp3) is 0.505. The Kier molecular flexibility index (Phi) is 34.8. The van der Waals surface area contributed by atoms with E-state index in [1.165, 1.54) is 113 Å². The minimum absolute atomic E-state index is 0.0286. The van der Waals surface area contributed by atoms with E-state index in [2.05, 4.69) is 49.9 Å². The van der Waals surface area contributed by atoms with Crippen molar-refractivity contribution in [2.75, 3.05) is 0 Å². The normalized spacial score (nSPS) is 22.5. The number of para-hydroxylation sites is 2. The lowest BCUT2D eigenvalue weighted by Gasteiger charge is -2.37. The first kappa shape index (κ1) is 107. The predicted octanol–water partition coefficient (Wildman–Crippen LogP) is 13.3. The maximum Gasteiger partial charge on any atom is 0.410 e. The van der Waals surface area contributed by atoms with E-state index < -0.39 is 231 Å². The fourth-order valence-corrected chi connectivity index (χ4v) is 19.2. The van der Waals surface area contributed by atoms with Crippen molar-refractivity contribution in [2.24, 2.45) is 11.5 Å². The monoisotopic (exact) mass is 1960 g/mol. The molecule has 734 valence electrons. The van der Waals surface area contributed by atoms with Gasteiger partial charge in [0.25, 0.3) is 35.5 Å². The van der Waals surface area contributed by atoms with Gasteiger partial charge in [0.1, 0.15) is 19.0 Å².